The van der Waals surface area contributed by atoms with Gasteiger partial charge < -0.3 is 0 Å². The van der Waals surface area contributed by atoms with Crippen LogP contribution < -0.4 is 0 Å². The molecule has 4 heteroatoms. The van der Waals surface area contributed by atoms with Crippen LogP contribution in [-0.2, 0) is 9.53 Å². The normalized spacial score (nSPS) is 13.0. The maximum atomic E-state index is 11.7. The van der Waals surface area contributed by atoms with Crippen LogP contribution >= 0.6 is 20.8 Å². The molecule has 0 atom stereocenters. The first kappa shape index (κ1) is 30.1. The van der Waals surface area contributed by atoms with Crippen molar-refractivity contribution < 1.29 is 9.53 Å². The van der Waals surface area contributed by atoms with Crippen molar-refractivity contribution in [3.63, 3.8) is 0 Å². The summed E-state index contributed by atoms with van der Waals surface area (Å²) < 4.78 is 5.42. The Hall–Kier alpha value is 0.120. The molecule has 0 spiro atoms. The Morgan fingerprint density at radius 1 is 0.733 bits per heavy atom. The number of unbranched alkanes of at least 4 members (excludes halogenated alkanes) is 13. The van der Waals surface area contributed by atoms with Crippen LogP contribution in [0.25, 0.3) is 0 Å². The first-order chi connectivity index (χ1) is 14.3. The molecule has 0 unspecified atom stereocenters. The summed E-state index contributed by atoms with van der Waals surface area (Å²) in [6.45, 7) is 12.8. The second kappa shape index (κ2) is 17.6. The predicted molar refractivity (Wildman–Crippen MR) is 143 cm³/mol. The molecule has 30 heavy (non-hydrogen) atoms. The molecule has 0 aromatic rings. The quantitative estimate of drug-likeness (QED) is 0.0669. The van der Waals surface area contributed by atoms with Gasteiger partial charge in [0.15, 0.2) is 0 Å². The Bertz CT molecular complexity index is 460. The third-order valence-electron chi connectivity index (χ3n) is 6.88. The van der Waals surface area contributed by atoms with E-state index in [1.165, 1.54) is 108 Å². The molecule has 0 aliphatic rings. The van der Waals surface area contributed by atoms with Gasteiger partial charge >= 0.3 is 171 Å². The number of esters is 1. The summed E-state index contributed by atoms with van der Waals surface area (Å²) in [4.78, 5) is 11.7. The van der Waals surface area contributed by atoms with E-state index in [4.69, 9.17) is 4.74 Å². The first-order valence-electron chi connectivity index (χ1n) is 12.9. The smallest absolute Gasteiger partial charge is 0.0654 e. The van der Waals surface area contributed by atoms with Gasteiger partial charge in [0.25, 0.3) is 0 Å². The molecule has 0 N–H and O–H groups in total. The molecule has 0 aromatic carbocycles. The molecule has 0 heterocycles. The van der Waals surface area contributed by atoms with Crippen LogP contribution in [0.15, 0.2) is 12.2 Å². The van der Waals surface area contributed by atoms with Crippen molar-refractivity contribution in [2.75, 3.05) is 31.3 Å². The number of carbonyl (C=O) groups is 1. The zero-order valence-corrected chi connectivity index (χ0v) is 23.3. The topological polar surface area (TPSA) is 26.3 Å². The van der Waals surface area contributed by atoms with Gasteiger partial charge in [-0.3, -0.25) is 0 Å². The molecule has 0 aromatic heterocycles. The van der Waals surface area contributed by atoms with Crippen LogP contribution in [-0.4, -0.2) is 37.2 Å². The molecule has 0 fully saturated rings. The molecule has 0 radical (unpaired) electrons. The molecule has 2 nitrogen and oxygen atoms in total. The summed E-state index contributed by atoms with van der Waals surface area (Å²) in [5.74, 6) is -0.253. The predicted octanol–water partition coefficient (Wildman–Crippen LogP) is 9.49. The van der Waals surface area contributed by atoms with Gasteiger partial charge in [0.2, 0.25) is 0 Å². The third-order valence-corrected chi connectivity index (χ3v) is 17.9. The number of halogens is 1. The summed E-state index contributed by atoms with van der Waals surface area (Å²) in [5.41, 5.74) is 0.491. The fourth-order valence-electron chi connectivity index (χ4n) is 4.16. The Morgan fingerprint density at radius 2 is 1.13 bits per heavy atom. The maximum absolute atomic E-state index is 11.7. The Morgan fingerprint density at radius 3 is 1.50 bits per heavy atom. The van der Waals surface area contributed by atoms with E-state index < -0.39 is 5.31 Å². The van der Waals surface area contributed by atoms with Crippen LogP contribution in [0.3, 0.4) is 0 Å². The monoisotopic (exact) mass is 506 g/mol. The van der Waals surface area contributed by atoms with Crippen LogP contribution in [0.1, 0.15) is 118 Å². The third kappa shape index (κ3) is 14.2. The minimum atomic E-state index is -1.92. The Labute approximate surface area is 197 Å². The van der Waals surface area contributed by atoms with E-state index in [1.54, 1.807) is 6.92 Å². The van der Waals surface area contributed by atoms with E-state index in [-0.39, 0.29) is 5.97 Å². The summed E-state index contributed by atoms with van der Waals surface area (Å²) >= 11 is 4.23. The molecule has 0 saturated carbocycles. The summed E-state index contributed by atoms with van der Waals surface area (Å²) in [5, 5.41) is -1.92. The van der Waals surface area contributed by atoms with E-state index in [0.717, 1.165) is 6.16 Å². The van der Waals surface area contributed by atoms with E-state index in [2.05, 4.69) is 42.8 Å². The number of hydrogen-bond donors (Lipinski definition) is 0. The van der Waals surface area contributed by atoms with Crippen molar-refractivity contribution in [2.24, 2.45) is 0 Å². The number of hydrogen-bond acceptors (Lipinski definition) is 2. The fraction of sp³-hybridized carbons (Fsp3) is 0.885. The van der Waals surface area contributed by atoms with Gasteiger partial charge in [0.1, 0.15) is 0 Å². The number of ether oxygens (including phenoxy) is 1. The molecule has 0 aliphatic heterocycles. The zero-order chi connectivity index (χ0) is 22.7. The molecular formula is C26H52BrO2P. The minimum Gasteiger partial charge on any atom is -0.0654 e. The van der Waals surface area contributed by atoms with Gasteiger partial charge in [-0.15, -0.1) is 0 Å². The van der Waals surface area contributed by atoms with Crippen molar-refractivity contribution in [1.29, 1.82) is 0 Å². The van der Waals surface area contributed by atoms with Gasteiger partial charge in [0.05, 0.1) is 0 Å². The van der Waals surface area contributed by atoms with Crippen molar-refractivity contribution in [3.05, 3.63) is 12.2 Å². The fourth-order valence-corrected chi connectivity index (χ4v) is 8.84. The van der Waals surface area contributed by atoms with Gasteiger partial charge in [-0.2, -0.15) is 0 Å². The molecule has 0 saturated heterocycles. The van der Waals surface area contributed by atoms with Crippen molar-refractivity contribution in [3.8, 4) is 0 Å². The molecule has 0 rings (SSSR count). The standard InChI is InChI=1S/C26H52BrO2P/c1-6-9-10-11-12-13-14-15-16-17-18-19-20-21-23-30(27,7-2,8-3)24-22-29-26(28)25(4)5/h4,6-24H2,1-3,5H3. The second-order valence-corrected chi connectivity index (χ2v) is 21.2. The number of carbonyl (C=O) groups excluding carboxylic acids is 1. The molecular weight excluding hydrogens is 455 g/mol. The molecule has 0 amide bonds. The summed E-state index contributed by atoms with van der Waals surface area (Å²) in [7, 11) is 0. The first-order valence-corrected chi connectivity index (χ1v) is 17.9. The SMILES string of the molecule is C=C(C)C(=O)OCCP(Br)(CC)(CC)CCCCCCCCCCCCCCCC. The van der Waals surface area contributed by atoms with E-state index in [0.29, 0.717) is 12.2 Å². The van der Waals surface area contributed by atoms with Crippen LogP contribution in [0, 0.1) is 0 Å². The molecule has 0 aliphatic carbocycles. The van der Waals surface area contributed by atoms with Crippen molar-refractivity contribution in [1.82, 2.24) is 0 Å². The van der Waals surface area contributed by atoms with Crippen LogP contribution in [0.5, 0.6) is 0 Å². The van der Waals surface area contributed by atoms with Gasteiger partial charge in [-0.1, -0.05) is 26.2 Å². The second-order valence-electron chi connectivity index (χ2n) is 9.41. The van der Waals surface area contributed by atoms with Crippen molar-refractivity contribution >= 4 is 26.8 Å². The summed E-state index contributed by atoms with van der Waals surface area (Å²) in [6, 6.07) is 0. The zero-order valence-electron chi connectivity index (χ0n) is 20.8. The van der Waals surface area contributed by atoms with Gasteiger partial charge in [-0.05, 0) is 0 Å². The Kier molecular flexibility index (Phi) is 17.7. The van der Waals surface area contributed by atoms with E-state index >= 15 is 0 Å². The number of rotatable bonds is 21. The minimum absolute atomic E-state index is 0.253. The summed E-state index contributed by atoms with van der Waals surface area (Å²) in [6.07, 6.45) is 24.3. The van der Waals surface area contributed by atoms with E-state index in [9.17, 15) is 4.79 Å². The molecule has 0 bridgehead atoms. The van der Waals surface area contributed by atoms with Crippen LogP contribution in [0.2, 0.25) is 0 Å². The average molecular weight is 508 g/mol. The Balaban J connectivity index is 3.85. The average Bonchev–Trinajstić information content (AvgIpc) is 2.74. The van der Waals surface area contributed by atoms with Gasteiger partial charge in [-0.25, -0.2) is 0 Å². The van der Waals surface area contributed by atoms with Crippen LogP contribution in [0.4, 0.5) is 0 Å². The molecule has 180 valence electrons. The van der Waals surface area contributed by atoms with Crippen molar-refractivity contribution in [2.45, 2.75) is 118 Å². The van der Waals surface area contributed by atoms with E-state index in [1.807, 2.05) is 0 Å². The van der Waals surface area contributed by atoms with Gasteiger partial charge in [0, 0.05) is 0 Å².